The summed E-state index contributed by atoms with van der Waals surface area (Å²) in [6, 6.07) is 9.68. The Kier molecular flexibility index (Phi) is 5.88. The molecule has 0 atom stereocenters. The summed E-state index contributed by atoms with van der Waals surface area (Å²) in [5.41, 5.74) is 1.87. The van der Waals surface area contributed by atoms with Crippen molar-refractivity contribution in [3.8, 4) is 16.5 Å². The lowest BCUT2D eigenvalue weighted by Gasteiger charge is -2.10. The van der Waals surface area contributed by atoms with Gasteiger partial charge in [0.1, 0.15) is 11.5 Å². The summed E-state index contributed by atoms with van der Waals surface area (Å²) in [6.45, 7) is 5.21. The summed E-state index contributed by atoms with van der Waals surface area (Å²) < 4.78 is 1.35. The first-order valence-electron chi connectivity index (χ1n) is 10.1. The Morgan fingerprint density at radius 3 is 2.70 bits per heavy atom. The number of hydrogen-bond acceptors (Lipinski definition) is 7. The van der Waals surface area contributed by atoms with Crippen LogP contribution >= 0.6 is 11.3 Å². The van der Waals surface area contributed by atoms with E-state index < -0.39 is 10.8 Å². The van der Waals surface area contributed by atoms with Gasteiger partial charge in [0.05, 0.1) is 9.80 Å². The number of nitro groups is 1. The number of nitrogens with zero attached hydrogens (tertiary/aromatic N) is 4. The molecule has 0 aliphatic rings. The molecule has 0 saturated heterocycles. The Hall–Kier alpha value is -4.12. The number of aromatic amines is 1. The van der Waals surface area contributed by atoms with Gasteiger partial charge in [0.2, 0.25) is 5.95 Å². The van der Waals surface area contributed by atoms with E-state index in [2.05, 4.69) is 20.4 Å². The molecule has 10 nitrogen and oxygen atoms in total. The molecule has 3 aromatic heterocycles. The van der Waals surface area contributed by atoms with Crippen molar-refractivity contribution in [1.82, 2.24) is 19.7 Å². The van der Waals surface area contributed by atoms with Gasteiger partial charge < -0.3 is 5.32 Å². The smallest absolute Gasteiger partial charge is 0.273 e. The number of hydrogen-bond donors (Lipinski definition) is 2. The van der Waals surface area contributed by atoms with Gasteiger partial charge in [-0.1, -0.05) is 19.1 Å². The Bertz CT molecular complexity index is 1420. The first-order valence-corrected chi connectivity index (χ1v) is 11.0. The molecule has 0 saturated carbocycles. The highest BCUT2D eigenvalue weighted by molar-refractivity contribution is 7.13. The van der Waals surface area contributed by atoms with Crippen molar-refractivity contribution in [1.29, 1.82) is 0 Å². The number of aromatic nitrogens is 4. The summed E-state index contributed by atoms with van der Waals surface area (Å²) >= 11 is 1.47. The molecule has 3 heterocycles. The molecule has 11 heteroatoms. The number of carbonyl (C=O) groups excluding carboxylic acids is 1. The topological polar surface area (TPSA) is 136 Å². The van der Waals surface area contributed by atoms with Crippen LogP contribution in [0.3, 0.4) is 0 Å². The highest BCUT2D eigenvalue weighted by atomic mass is 32.1. The Balaban J connectivity index is 1.78. The highest BCUT2D eigenvalue weighted by Crippen LogP contribution is 2.28. The van der Waals surface area contributed by atoms with Gasteiger partial charge >= 0.3 is 0 Å². The zero-order chi connectivity index (χ0) is 23.7. The summed E-state index contributed by atoms with van der Waals surface area (Å²) in [5.74, 6) is -0.137. The van der Waals surface area contributed by atoms with Gasteiger partial charge in [-0.2, -0.15) is 9.78 Å². The molecule has 0 fully saturated rings. The summed E-state index contributed by atoms with van der Waals surface area (Å²) in [6.07, 6.45) is 0.532. The molecule has 4 aromatic rings. The quantitative estimate of drug-likeness (QED) is 0.327. The van der Waals surface area contributed by atoms with Crippen molar-refractivity contribution < 1.29 is 9.72 Å². The minimum Gasteiger partial charge on any atom is -0.306 e. The molecule has 0 aliphatic heterocycles. The van der Waals surface area contributed by atoms with Crippen molar-refractivity contribution in [2.75, 3.05) is 5.32 Å². The number of nitro benzene ring substituents is 1. The minimum atomic E-state index is -0.554. The minimum absolute atomic E-state index is 0.122. The number of amides is 1. The largest absolute Gasteiger partial charge is 0.306 e. The monoisotopic (exact) mass is 464 g/mol. The van der Waals surface area contributed by atoms with Crippen molar-refractivity contribution in [2.24, 2.45) is 0 Å². The third-order valence-corrected chi connectivity index (χ3v) is 6.05. The van der Waals surface area contributed by atoms with Gasteiger partial charge in [0.25, 0.3) is 17.2 Å². The molecule has 1 amide bonds. The van der Waals surface area contributed by atoms with E-state index in [-0.39, 0.29) is 28.6 Å². The molecule has 2 N–H and O–H groups in total. The van der Waals surface area contributed by atoms with Crippen LogP contribution in [0.2, 0.25) is 0 Å². The zero-order valence-corrected chi connectivity index (χ0v) is 18.9. The molecule has 33 heavy (non-hydrogen) atoms. The van der Waals surface area contributed by atoms with Crippen molar-refractivity contribution >= 4 is 28.7 Å². The fourth-order valence-corrected chi connectivity index (χ4v) is 4.11. The van der Waals surface area contributed by atoms with E-state index in [0.29, 0.717) is 28.9 Å². The molecular weight excluding hydrogens is 444 g/mol. The molecule has 0 bridgehead atoms. The predicted molar refractivity (Wildman–Crippen MR) is 125 cm³/mol. The number of nitrogens with one attached hydrogen (secondary N) is 2. The summed E-state index contributed by atoms with van der Waals surface area (Å²) in [4.78, 5) is 44.2. The van der Waals surface area contributed by atoms with Gasteiger partial charge in [0, 0.05) is 34.5 Å². The van der Waals surface area contributed by atoms with Gasteiger partial charge in [-0.15, -0.1) is 11.3 Å². The number of carbonyl (C=O) groups is 1. The van der Waals surface area contributed by atoms with E-state index in [1.165, 1.54) is 34.2 Å². The van der Waals surface area contributed by atoms with Crippen LogP contribution in [0.1, 0.15) is 34.1 Å². The molecule has 168 valence electrons. The second kappa shape index (κ2) is 8.79. The molecule has 0 unspecified atom stereocenters. The van der Waals surface area contributed by atoms with Crippen LogP contribution in [0.25, 0.3) is 16.5 Å². The van der Waals surface area contributed by atoms with E-state index in [1.54, 1.807) is 19.9 Å². The van der Waals surface area contributed by atoms with Crippen LogP contribution in [0, 0.1) is 24.0 Å². The standard InChI is InChI=1S/C22H20N6O4S/c1-4-15-13(3)23-22(25-21(15)30)27-19(11-16(26-27)18-6-5-9-33-18)24-20(29)14-8-7-12(2)17(10-14)28(31)32/h5-11H,4H2,1-3H3,(H,24,29)(H,23,25,30). The molecule has 0 spiro atoms. The summed E-state index contributed by atoms with van der Waals surface area (Å²) in [7, 11) is 0. The number of aryl methyl sites for hydroxylation is 2. The number of anilines is 1. The molecule has 4 rings (SSSR count). The first kappa shape index (κ1) is 22.1. The van der Waals surface area contributed by atoms with Gasteiger partial charge in [0.15, 0.2) is 0 Å². The SMILES string of the molecule is CCc1c(C)nc(-n2nc(-c3cccs3)cc2NC(=O)c2ccc(C)c([N+](=O)[O-])c2)[nH]c1=O. The predicted octanol–water partition coefficient (Wildman–Crippen LogP) is 4.02. The number of benzene rings is 1. The normalized spacial score (nSPS) is 10.9. The fraction of sp³-hybridized carbons (Fsp3) is 0.182. The van der Waals surface area contributed by atoms with Crippen LogP contribution in [-0.2, 0) is 6.42 Å². The van der Waals surface area contributed by atoms with E-state index in [4.69, 9.17) is 0 Å². The maximum absolute atomic E-state index is 12.9. The van der Waals surface area contributed by atoms with Crippen LogP contribution < -0.4 is 10.9 Å². The van der Waals surface area contributed by atoms with Crippen molar-refractivity contribution in [2.45, 2.75) is 27.2 Å². The Morgan fingerprint density at radius 2 is 2.06 bits per heavy atom. The summed E-state index contributed by atoms with van der Waals surface area (Å²) in [5, 5.41) is 20.4. The highest BCUT2D eigenvalue weighted by Gasteiger charge is 2.20. The van der Waals surface area contributed by atoms with Gasteiger partial charge in [-0.05, 0) is 37.8 Å². The van der Waals surface area contributed by atoms with E-state index in [0.717, 1.165) is 4.88 Å². The molecule has 1 aromatic carbocycles. The van der Waals surface area contributed by atoms with E-state index in [9.17, 15) is 19.7 Å². The van der Waals surface area contributed by atoms with Crippen LogP contribution in [0.5, 0.6) is 0 Å². The molecule has 0 radical (unpaired) electrons. The van der Waals surface area contributed by atoms with Crippen LogP contribution in [-0.4, -0.2) is 30.6 Å². The van der Waals surface area contributed by atoms with Crippen molar-refractivity contribution in [3.05, 3.63) is 84.6 Å². The molecular formula is C22H20N6O4S. The second-order valence-corrected chi connectivity index (χ2v) is 8.27. The third kappa shape index (κ3) is 4.30. The second-order valence-electron chi connectivity index (χ2n) is 7.32. The van der Waals surface area contributed by atoms with E-state index in [1.807, 2.05) is 24.4 Å². The third-order valence-electron chi connectivity index (χ3n) is 5.16. The fourth-order valence-electron chi connectivity index (χ4n) is 3.42. The van der Waals surface area contributed by atoms with Gasteiger partial charge in [-0.3, -0.25) is 24.7 Å². The maximum Gasteiger partial charge on any atom is 0.273 e. The lowest BCUT2D eigenvalue weighted by atomic mass is 10.1. The van der Waals surface area contributed by atoms with E-state index >= 15 is 0 Å². The lowest BCUT2D eigenvalue weighted by molar-refractivity contribution is -0.385. The Labute approximate surface area is 192 Å². The average molecular weight is 465 g/mol. The average Bonchev–Trinajstić information content (AvgIpc) is 3.43. The molecule has 0 aliphatic carbocycles. The Morgan fingerprint density at radius 1 is 1.27 bits per heavy atom. The van der Waals surface area contributed by atoms with Crippen LogP contribution in [0.15, 0.2) is 46.6 Å². The zero-order valence-electron chi connectivity index (χ0n) is 18.1. The first-order chi connectivity index (χ1) is 15.8. The maximum atomic E-state index is 12.9. The van der Waals surface area contributed by atoms with Gasteiger partial charge in [-0.25, -0.2) is 4.98 Å². The number of rotatable bonds is 6. The van der Waals surface area contributed by atoms with Crippen molar-refractivity contribution in [3.63, 3.8) is 0 Å². The number of thiophene rings is 1. The lowest BCUT2D eigenvalue weighted by Crippen LogP contribution is -2.22. The van der Waals surface area contributed by atoms with Crippen LogP contribution in [0.4, 0.5) is 11.5 Å². The number of H-pyrrole nitrogens is 1.